The number of thiol groups is 1. The van der Waals surface area contributed by atoms with E-state index in [2.05, 4.69) is 12.6 Å². The summed E-state index contributed by atoms with van der Waals surface area (Å²) in [5.41, 5.74) is 0. The molecule has 2 unspecified atom stereocenters. The van der Waals surface area contributed by atoms with E-state index in [-0.39, 0.29) is 17.6 Å². The minimum Gasteiger partial charge on any atom is -0.480 e. The van der Waals surface area contributed by atoms with E-state index in [1.807, 2.05) is 0 Å². The molecule has 17 heavy (non-hydrogen) atoms. The summed E-state index contributed by atoms with van der Waals surface area (Å²) in [7, 11) is 0. The Bertz CT molecular complexity index is 417. The molecule has 2 heterocycles. The molecule has 92 valence electrons. The molecule has 0 saturated carbocycles. The normalized spacial score (nSPS) is 21.8. The summed E-state index contributed by atoms with van der Waals surface area (Å²) < 4.78 is 5.12. The second kappa shape index (κ2) is 4.83. The van der Waals surface area contributed by atoms with Gasteiger partial charge >= 0.3 is 5.97 Å². The van der Waals surface area contributed by atoms with E-state index in [1.54, 1.807) is 12.1 Å². The number of carbonyl (C=O) groups excluding carboxylic acids is 1. The molecule has 0 aliphatic carbocycles. The zero-order chi connectivity index (χ0) is 12.4. The summed E-state index contributed by atoms with van der Waals surface area (Å²) in [6, 6.07) is 2.53. The maximum absolute atomic E-state index is 11.6. The fraction of sp³-hybridized carbons (Fsp3) is 0.455. The Hall–Kier alpha value is -1.43. The molecule has 0 spiro atoms. The summed E-state index contributed by atoms with van der Waals surface area (Å²) in [5, 5.41) is 9.09. The molecule has 1 fully saturated rings. The minimum absolute atomic E-state index is 0.0825. The van der Waals surface area contributed by atoms with Gasteiger partial charge in [0.2, 0.25) is 5.91 Å². The van der Waals surface area contributed by atoms with Crippen LogP contribution in [0.1, 0.15) is 12.2 Å². The average molecular weight is 255 g/mol. The van der Waals surface area contributed by atoms with Gasteiger partial charge in [-0.15, -0.1) is 0 Å². The first-order chi connectivity index (χ1) is 8.08. The van der Waals surface area contributed by atoms with Gasteiger partial charge in [0.15, 0.2) is 0 Å². The first kappa shape index (κ1) is 12.0. The molecular formula is C11H13NO4S. The number of likely N-dealkylation sites (tertiary alicyclic amines) is 1. The lowest BCUT2D eigenvalue weighted by molar-refractivity contribution is -0.148. The molecule has 1 aliphatic heterocycles. The van der Waals surface area contributed by atoms with Crippen molar-refractivity contribution in [3.05, 3.63) is 24.2 Å². The van der Waals surface area contributed by atoms with Gasteiger partial charge in [-0.1, -0.05) is 0 Å². The molecule has 2 rings (SSSR count). The van der Waals surface area contributed by atoms with Gasteiger partial charge in [0.1, 0.15) is 11.8 Å². The number of nitrogens with zero attached hydrogens (tertiary/aromatic N) is 1. The highest BCUT2D eigenvalue weighted by Crippen LogP contribution is 2.21. The number of amides is 1. The third-order valence-electron chi connectivity index (χ3n) is 2.77. The second-order valence-electron chi connectivity index (χ2n) is 4.04. The van der Waals surface area contributed by atoms with Crippen molar-refractivity contribution in [2.24, 2.45) is 0 Å². The van der Waals surface area contributed by atoms with E-state index in [9.17, 15) is 14.7 Å². The lowest BCUT2D eigenvalue weighted by Gasteiger charge is -2.23. The SMILES string of the molecule is O=C(O)C(Cc1ccco1)N1CC(S)CC1=O. The third kappa shape index (κ3) is 2.63. The number of furan rings is 1. The van der Waals surface area contributed by atoms with Gasteiger partial charge in [-0.05, 0) is 12.1 Å². The number of hydrogen-bond donors (Lipinski definition) is 2. The molecular weight excluding hydrogens is 242 g/mol. The van der Waals surface area contributed by atoms with Crippen molar-refractivity contribution in [2.75, 3.05) is 6.54 Å². The van der Waals surface area contributed by atoms with Crippen LogP contribution in [0.25, 0.3) is 0 Å². The predicted octanol–water partition coefficient (Wildman–Crippen LogP) is 0.806. The molecule has 1 aromatic rings. The van der Waals surface area contributed by atoms with Crippen molar-refractivity contribution in [3.63, 3.8) is 0 Å². The van der Waals surface area contributed by atoms with Gasteiger partial charge in [0, 0.05) is 24.6 Å². The molecule has 1 N–H and O–H groups in total. The van der Waals surface area contributed by atoms with Crippen molar-refractivity contribution in [3.8, 4) is 0 Å². The van der Waals surface area contributed by atoms with Gasteiger partial charge < -0.3 is 14.4 Å². The summed E-state index contributed by atoms with van der Waals surface area (Å²) in [5.74, 6) is -0.617. The van der Waals surface area contributed by atoms with E-state index in [0.29, 0.717) is 18.7 Å². The van der Waals surface area contributed by atoms with Gasteiger partial charge in [-0.2, -0.15) is 12.6 Å². The minimum atomic E-state index is -1.02. The molecule has 1 amide bonds. The predicted molar refractivity (Wildman–Crippen MR) is 62.9 cm³/mol. The summed E-state index contributed by atoms with van der Waals surface area (Å²) in [6.45, 7) is 0.375. The third-order valence-corrected chi connectivity index (χ3v) is 3.12. The van der Waals surface area contributed by atoms with Crippen LogP contribution in [0.3, 0.4) is 0 Å². The smallest absolute Gasteiger partial charge is 0.326 e. The monoisotopic (exact) mass is 255 g/mol. The number of rotatable bonds is 4. The van der Waals surface area contributed by atoms with Crippen molar-refractivity contribution in [1.82, 2.24) is 4.90 Å². The van der Waals surface area contributed by atoms with Crippen LogP contribution < -0.4 is 0 Å². The van der Waals surface area contributed by atoms with E-state index in [1.165, 1.54) is 11.2 Å². The molecule has 0 radical (unpaired) electrons. The van der Waals surface area contributed by atoms with Crippen LogP contribution in [-0.4, -0.2) is 39.7 Å². The van der Waals surface area contributed by atoms with E-state index >= 15 is 0 Å². The molecule has 6 heteroatoms. The summed E-state index contributed by atoms with van der Waals surface area (Å²) in [4.78, 5) is 24.2. The fourth-order valence-corrected chi connectivity index (χ4v) is 2.30. The highest BCUT2D eigenvalue weighted by molar-refractivity contribution is 7.81. The first-order valence-electron chi connectivity index (χ1n) is 5.30. The van der Waals surface area contributed by atoms with Gasteiger partial charge in [-0.3, -0.25) is 4.79 Å². The molecule has 1 aliphatic rings. The summed E-state index contributed by atoms with van der Waals surface area (Å²) >= 11 is 4.21. The Morgan fingerprint density at radius 2 is 2.47 bits per heavy atom. The van der Waals surface area contributed by atoms with Gasteiger partial charge in [-0.25, -0.2) is 4.79 Å². The van der Waals surface area contributed by atoms with Crippen LogP contribution >= 0.6 is 12.6 Å². The van der Waals surface area contributed by atoms with Crippen molar-refractivity contribution >= 4 is 24.5 Å². The highest BCUT2D eigenvalue weighted by atomic mass is 32.1. The lowest BCUT2D eigenvalue weighted by atomic mass is 10.1. The standard InChI is InChI=1S/C11H13NO4S/c13-10-5-8(17)6-12(10)9(11(14)15)4-7-2-1-3-16-7/h1-3,8-9,17H,4-6H2,(H,14,15). The number of carbonyl (C=O) groups is 2. The highest BCUT2D eigenvalue weighted by Gasteiger charge is 2.36. The van der Waals surface area contributed by atoms with Crippen molar-refractivity contribution < 1.29 is 19.1 Å². The van der Waals surface area contributed by atoms with Crippen molar-refractivity contribution in [2.45, 2.75) is 24.1 Å². The van der Waals surface area contributed by atoms with Crippen LogP contribution in [0.5, 0.6) is 0 Å². The van der Waals surface area contributed by atoms with Crippen LogP contribution in [0.2, 0.25) is 0 Å². The number of carboxylic acids is 1. The van der Waals surface area contributed by atoms with E-state index in [4.69, 9.17) is 4.42 Å². The zero-order valence-electron chi connectivity index (χ0n) is 9.07. The fourth-order valence-electron chi connectivity index (χ4n) is 1.96. The molecule has 5 nitrogen and oxygen atoms in total. The Balaban J connectivity index is 2.12. The topological polar surface area (TPSA) is 70.8 Å². The van der Waals surface area contributed by atoms with Crippen molar-refractivity contribution in [1.29, 1.82) is 0 Å². The quantitative estimate of drug-likeness (QED) is 0.781. The average Bonchev–Trinajstić information content (AvgIpc) is 2.84. The molecule has 0 aromatic carbocycles. The Labute approximate surface area is 104 Å². The Kier molecular flexibility index (Phi) is 3.42. The zero-order valence-corrected chi connectivity index (χ0v) is 9.97. The second-order valence-corrected chi connectivity index (χ2v) is 4.77. The van der Waals surface area contributed by atoms with E-state index in [0.717, 1.165) is 0 Å². The maximum atomic E-state index is 11.6. The molecule has 0 bridgehead atoms. The van der Waals surface area contributed by atoms with Gasteiger partial charge in [0.25, 0.3) is 0 Å². The lowest BCUT2D eigenvalue weighted by Crippen LogP contribution is -2.43. The molecule has 2 atom stereocenters. The number of aliphatic carboxylic acids is 1. The Morgan fingerprint density at radius 1 is 1.71 bits per heavy atom. The maximum Gasteiger partial charge on any atom is 0.326 e. The largest absolute Gasteiger partial charge is 0.480 e. The van der Waals surface area contributed by atoms with Gasteiger partial charge in [0.05, 0.1) is 6.26 Å². The molecule has 1 saturated heterocycles. The number of carboxylic acid groups (broad SMARTS) is 1. The molecule has 1 aromatic heterocycles. The Morgan fingerprint density at radius 3 is 2.94 bits per heavy atom. The van der Waals surface area contributed by atoms with Crippen LogP contribution in [0.15, 0.2) is 22.8 Å². The first-order valence-corrected chi connectivity index (χ1v) is 5.82. The van der Waals surface area contributed by atoms with Crippen LogP contribution in [0, 0.1) is 0 Å². The number of hydrogen-bond acceptors (Lipinski definition) is 4. The summed E-state index contributed by atoms with van der Waals surface area (Å²) in [6.07, 6.45) is 1.97. The van der Waals surface area contributed by atoms with E-state index < -0.39 is 12.0 Å². The van der Waals surface area contributed by atoms with Crippen LogP contribution in [-0.2, 0) is 16.0 Å². The van der Waals surface area contributed by atoms with Crippen LogP contribution in [0.4, 0.5) is 0 Å².